The van der Waals surface area contributed by atoms with Gasteiger partial charge in [0.1, 0.15) is 0 Å². The fourth-order valence-electron chi connectivity index (χ4n) is 1.79. The van der Waals surface area contributed by atoms with Crippen molar-refractivity contribution in [2.24, 2.45) is 0 Å². The molecule has 82 valence electrons. The van der Waals surface area contributed by atoms with Gasteiger partial charge >= 0.3 is 5.97 Å². The van der Waals surface area contributed by atoms with Gasteiger partial charge in [-0.25, -0.2) is 4.79 Å². The predicted octanol–water partition coefficient (Wildman–Crippen LogP) is 1.43. The first-order valence-corrected chi connectivity index (χ1v) is 5.04. The Kier molecular flexibility index (Phi) is 4.35. The molecule has 1 aliphatic rings. The number of methoxy groups -OCH3 is 1. The molecule has 14 heavy (non-hydrogen) atoms. The van der Waals surface area contributed by atoms with Gasteiger partial charge in [-0.2, -0.15) is 0 Å². The third-order valence-electron chi connectivity index (χ3n) is 2.66. The van der Waals surface area contributed by atoms with Gasteiger partial charge in [0.25, 0.3) is 0 Å². The van der Waals surface area contributed by atoms with Crippen molar-refractivity contribution < 1.29 is 19.4 Å². The second-order valence-electron chi connectivity index (χ2n) is 3.76. The maximum atomic E-state index is 10.6. The molecule has 3 unspecified atom stereocenters. The first kappa shape index (κ1) is 11.5. The number of carboxylic acids is 1. The number of aliphatic carboxylic acids is 1. The molecule has 3 atom stereocenters. The summed E-state index contributed by atoms with van der Waals surface area (Å²) in [5.41, 5.74) is 0. The van der Waals surface area contributed by atoms with Crippen molar-refractivity contribution >= 4 is 5.97 Å². The Bertz CT molecular complexity index is 193. The van der Waals surface area contributed by atoms with E-state index in [1.807, 2.05) is 0 Å². The van der Waals surface area contributed by atoms with Crippen LogP contribution in [0, 0.1) is 0 Å². The quantitative estimate of drug-likeness (QED) is 0.749. The highest BCUT2D eigenvalue weighted by atomic mass is 16.5. The van der Waals surface area contributed by atoms with Crippen LogP contribution in [0.1, 0.15) is 32.6 Å². The third-order valence-corrected chi connectivity index (χ3v) is 2.66. The minimum atomic E-state index is -0.899. The smallest absolute Gasteiger partial charge is 0.332 e. The molecule has 0 aliphatic heterocycles. The lowest BCUT2D eigenvalue weighted by molar-refractivity contribution is -0.155. The number of carbonyl (C=O) groups is 1. The van der Waals surface area contributed by atoms with Gasteiger partial charge < -0.3 is 14.6 Å². The normalized spacial score (nSPS) is 29.9. The molecule has 0 spiro atoms. The minimum Gasteiger partial charge on any atom is -0.479 e. The van der Waals surface area contributed by atoms with E-state index in [4.69, 9.17) is 14.6 Å². The predicted molar refractivity (Wildman–Crippen MR) is 51.2 cm³/mol. The maximum Gasteiger partial charge on any atom is 0.332 e. The van der Waals surface area contributed by atoms with Crippen LogP contribution in [-0.4, -0.2) is 36.5 Å². The second-order valence-corrected chi connectivity index (χ2v) is 3.76. The van der Waals surface area contributed by atoms with Gasteiger partial charge in [-0.15, -0.1) is 0 Å². The van der Waals surface area contributed by atoms with Crippen molar-refractivity contribution in [3.05, 3.63) is 0 Å². The fourth-order valence-corrected chi connectivity index (χ4v) is 1.79. The summed E-state index contributed by atoms with van der Waals surface area (Å²) in [7, 11) is 1.69. The van der Waals surface area contributed by atoms with E-state index < -0.39 is 12.1 Å². The van der Waals surface area contributed by atoms with Crippen molar-refractivity contribution in [2.75, 3.05) is 7.11 Å². The molecule has 1 aliphatic carbocycles. The molecule has 4 heteroatoms. The molecule has 0 aromatic carbocycles. The standard InChI is InChI=1S/C10H18O4/c1-7(10(11)12)14-9-5-3-4-8(6-9)13-2/h7-9H,3-6H2,1-2H3,(H,11,12). The highest BCUT2D eigenvalue weighted by molar-refractivity contribution is 5.71. The Morgan fingerprint density at radius 1 is 1.43 bits per heavy atom. The van der Waals surface area contributed by atoms with Gasteiger partial charge in [0.05, 0.1) is 12.2 Å². The van der Waals surface area contributed by atoms with Crippen molar-refractivity contribution in [3.63, 3.8) is 0 Å². The Labute approximate surface area is 84.2 Å². The number of carboxylic acid groups (broad SMARTS) is 1. The number of ether oxygens (including phenoxy) is 2. The van der Waals surface area contributed by atoms with Crippen molar-refractivity contribution in [3.8, 4) is 0 Å². The van der Waals surface area contributed by atoms with Crippen LogP contribution in [-0.2, 0) is 14.3 Å². The van der Waals surface area contributed by atoms with E-state index in [0.29, 0.717) is 0 Å². The monoisotopic (exact) mass is 202 g/mol. The molecular formula is C10H18O4. The van der Waals surface area contributed by atoms with Crippen molar-refractivity contribution in [2.45, 2.75) is 50.9 Å². The van der Waals surface area contributed by atoms with Crippen LogP contribution in [0.5, 0.6) is 0 Å². The highest BCUT2D eigenvalue weighted by Crippen LogP contribution is 2.23. The van der Waals surface area contributed by atoms with E-state index in [9.17, 15) is 4.79 Å². The molecule has 1 N–H and O–H groups in total. The number of hydrogen-bond donors (Lipinski definition) is 1. The van der Waals surface area contributed by atoms with E-state index >= 15 is 0 Å². The lowest BCUT2D eigenvalue weighted by atomic mass is 9.95. The van der Waals surface area contributed by atoms with Gasteiger partial charge in [0.2, 0.25) is 0 Å². The van der Waals surface area contributed by atoms with Crippen LogP contribution in [0.25, 0.3) is 0 Å². The van der Waals surface area contributed by atoms with Crippen LogP contribution in [0.3, 0.4) is 0 Å². The van der Waals surface area contributed by atoms with Crippen LogP contribution >= 0.6 is 0 Å². The minimum absolute atomic E-state index is 0.0415. The summed E-state index contributed by atoms with van der Waals surface area (Å²) in [6.45, 7) is 1.57. The molecule has 0 saturated heterocycles. The van der Waals surface area contributed by atoms with Crippen LogP contribution in [0.2, 0.25) is 0 Å². The average Bonchev–Trinajstić information content (AvgIpc) is 2.18. The van der Waals surface area contributed by atoms with Crippen molar-refractivity contribution in [1.29, 1.82) is 0 Å². The zero-order valence-corrected chi connectivity index (χ0v) is 8.73. The molecule has 0 bridgehead atoms. The summed E-state index contributed by atoms with van der Waals surface area (Å²) < 4.78 is 10.6. The van der Waals surface area contributed by atoms with Gasteiger partial charge in [-0.3, -0.25) is 0 Å². The van der Waals surface area contributed by atoms with E-state index in [-0.39, 0.29) is 12.2 Å². The SMILES string of the molecule is COC1CCCC(OC(C)C(=O)O)C1. The van der Waals surface area contributed by atoms with E-state index in [1.165, 1.54) is 0 Å². The van der Waals surface area contributed by atoms with E-state index in [1.54, 1.807) is 14.0 Å². The van der Waals surface area contributed by atoms with Gasteiger partial charge in [0.15, 0.2) is 6.10 Å². The summed E-state index contributed by atoms with van der Waals surface area (Å²) in [4.78, 5) is 10.6. The Balaban J connectivity index is 2.33. The maximum absolute atomic E-state index is 10.6. The van der Waals surface area contributed by atoms with Gasteiger partial charge in [-0.05, 0) is 32.6 Å². The van der Waals surface area contributed by atoms with Crippen molar-refractivity contribution in [1.82, 2.24) is 0 Å². The summed E-state index contributed by atoms with van der Waals surface area (Å²) in [5.74, 6) is -0.899. The summed E-state index contributed by atoms with van der Waals surface area (Å²) >= 11 is 0. The Morgan fingerprint density at radius 3 is 2.64 bits per heavy atom. The van der Waals surface area contributed by atoms with E-state index in [0.717, 1.165) is 25.7 Å². The summed E-state index contributed by atoms with van der Waals surface area (Å²) in [5, 5.41) is 8.68. The molecule has 0 radical (unpaired) electrons. The lowest BCUT2D eigenvalue weighted by Gasteiger charge is -2.29. The largest absolute Gasteiger partial charge is 0.479 e. The topological polar surface area (TPSA) is 55.8 Å². The first-order valence-electron chi connectivity index (χ1n) is 5.04. The zero-order valence-electron chi connectivity index (χ0n) is 8.73. The molecule has 1 fully saturated rings. The summed E-state index contributed by atoms with van der Waals surface area (Å²) in [6, 6.07) is 0. The molecule has 1 rings (SSSR count). The van der Waals surface area contributed by atoms with Gasteiger partial charge in [0, 0.05) is 7.11 Å². The lowest BCUT2D eigenvalue weighted by Crippen LogP contribution is -2.32. The second kappa shape index (κ2) is 5.32. The molecule has 0 aromatic rings. The fraction of sp³-hybridized carbons (Fsp3) is 0.900. The molecule has 0 amide bonds. The third kappa shape index (κ3) is 3.27. The van der Waals surface area contributed by atoms with E-state index in [2.05, 4.69) is 0 Å². The van der Waals surface area contributed by atoms with Crippen LogP contribution < -0.4 is 0 Å². The Morgan fingerprint density at radius 2 is 2.07 bits per heavy atom. The van der Waals surface area contributed by atoms with Crippen LogP contribution in [0.4, 0.5) is 0 Å². The summed E-state index contributed by atoms with van der Waals surface area (Å²) in [6.07, 6.45) is 3.42. The first-order chi connectivity index (χ1) is 6.63. The highest BCUT2D eigenvalue weighted by Gasteiger charge is 2.25. The zero-order chi connectivity index (χ0) is 10.6. The number of hydrogen-bond acceptors (Lipinski definition) is 3. The molecule has 0 aromatic heterocycles. The molecule has 1 saturated carbocycles. The average molecular weight is 202 g/mol. The molecule has 4 nitrogen and oxygen atoms in total. The number of rotatable bonds is 4. The molecule has 0 heterocycles. The van der Waals surface area contributed by atoms with Crippen LogP contribution in [0.15, 0.2) is 0 Å². The molecular weight excluding hydrogens is 184 g/mol. The Hall–Kier alpha value is -0.610. The van der Waals surface area contributed by atoms with Gasteiger partial charge in [-0.1, -0.05) is 0 Å².